The van der Waals surface area contributed by atoms with Crippen molar-refractivity contribution in [1.29, 1.82) is 0 Å². The van der Waals surface area contributed by atoms with Crippen LogP contribution in [0.3, 0.4) is 0 Å². The normalized spacial score (nSPS) is 13.7. The van der Waals surface area contributed by atoms with E-state index in [0.29, 0.717) is 17.4 Å². The van der Waals surface area contributed by atoms with Gasteiger partial charge >= 0.3 is 11.9 Å². The predicted octanol–water partition coefficient (Wildman–Crippen LogP) is 11.6. The molecule has 0 bridgehead atoms. The van der Waals surface area contributed by atoms with Crippen molar-refractivity contribution in [2.24, 2.45) is 0 Å². The summed E-state index contributed by atoms with van der Waals surface area (Å²) in [6.45, 7) is 4.22. The molecule has 10 heteroatoms. The summed E-state index contributed by atoms with van der Waals surface area (Å²) in [6.07, 6.45) is 36.6. The second-order valence-electron chi connectivity index (χ2n) is 16.1. The maximum atomic E-state index is 12.6. The third-order valence-electron chi connectivity index (χ3n) is 9.54. The molecule has 0 aliphatic rings. The molecule has 0 aromatic heterocycles. The van der Waals surface area contributed by atoms with Crippen molar-refractivity contribution in [1.82, 2.24) is 0 Å². The first-order valence-corrected chi connectivity index (χ1v) is 23.4. The van der Waals surface area contributed by atoms with Gasteiger partial charge in [-0.3, -0.25) is 14.2 Å². The Labute approximate surface area is 326 Å². The Morgan fingerprint density at radius 3 is 1.42 bits per heavy atom. The lowest BCUT2D eigenvalue weighted by molar-refractivity contribution is -0.870. The zero-order chi connectivity index (χ0) is 39.3. The fraction of sp³-hybridized carbons (Fsp3) is 0.907. The fourth-order valence-corrected chi connectivity index (χ4v) is 6.79. The number of nitrogens with zero attached hydrogens (tertiary/aromatic N) is 1. The van der Waals surface area contributed by atoms with E-state index in [0.717, 1.165) is 44.9 Å². The summed E-state index contributed by atoms with van der Waals surface area (Å²) in [5, 5.41) is 0. The van der Waals surface area contributed by atoms with Crippen molar-refractivity contribution in [3.63, 3.8) is 0 Å². The van der Waals surface area contributed by atoms with Crippen LogP contribution in [0.4, 0.5) is 0 Å². The van der Waals surface area contributed by atoms with Gasteiger partial charge in [0.05, 0.1) is 27.7 Å². The van der Waals surface area contributed by atoms with Crippen molar-refractivity contribution in [3.8, 4) is 0 Å². The molecule has 1 unspecified atom stereocenters. The highest BCUT2D eigenvalue weighted by atomic mass is 31.2. The first kappa shape index (κ1) is 51.8. The summed E-state index contributed by atoms with van der Waals surface area (Å²) < 4.78 is 33.9. The molecule has 0 aliphatic carbocycles. The zero-order valence-electron chi connectivity index (χ0n) is 35.2. The van der Waals surface area contributed by atoms with E-state index in [1.165, 1.54) is 122 Å². The van der Waals surface area contributed by atoms with Crippen LogP contribution in [0.2, 0.25) is 0 Å². The summed E-state index contributed by atoms with van der Waals surface area (Å²) in [6, 6.07) is 0. The fourth-order valence-electron chi connectivity index (χ4n) is 6.06. The van der Waals surface area contributed by atoms with Gasteiger partial charge in [-0.15, -0.1) is 0 Å². The molecule has 314 valence electrons. The SMILES string of the molecule is CCCCCCCC/C=C/CCCCCC(=O)O[C@H](COC(=O)CCCCCCCCCCCCCCCCCC)COP(=O)([O-])OCC[N+](C)(C)C. The lowest BCUT2D eigenvalue weighted by atomic mass is 10.0. The van der Waals surface area contributed by atoms with E-state index in [1.54, 1.807) is 0 Å². The van der Waals surface area contributed by atoms with Gasteiger partial charge < -0.3 is 27.9 Å². The molecule has 0 radical (unpaired) electrons. The van der Waals surface area contributed by atoms with Gasteiger partial charge in [0.25, 0.3) is 7.82 Å². The van der Waals surface area contributed by atoms with Crippen LogP contribution in [0.1, 0.15) is 200 Å². The number of hydrogen-bond donors (Lipinski definition) is 0. The van der Waals surface area contributed by atoms with Gasteiger partial charge in [0.15, 0.2) is 6.10 Å². The van der Waals surface area contributed by atoms with Gasteiger partial charge in [0.1, 0.15) is 19.8 Å². The van der Waals surface area contributed by atoms with Crippen molar-refractivity contribution in [2.45, 2.75) is 206 Å². The van der Waals surface area contributed by atoms with Gasteiger partial charge in [-0.05, 0) is 38.5 Å². The third-order valence-corrected chi connectivity index (χ3v) is 10.5. The molecule has 0 aliphatic heterocycles. The van der Waals surface area contributed by atoms with E-state index in [1.807, 2.05) is 21.1 Å². The third kappa shape index (κ3) is 40.2. The maximum absolute atomic E-state index is 12.6. The van der Waals surface area contributed by atoms with Crippen LogP contribution in [0.15, 0.2) is 12.2 Å². The number of carbonyl (C=O) groups is 2. The number of hydrogen-bond acceptors (Lipinski definition) is 8. The molecular formula is C43H84NO8P. The standard InChI is InChI=1S/C43H84NO8P/c1-6-8-10-12-14-16-18-20-21-22-24-25-27-29-31-33-35-42(45)49-39-41(40-51-53(47,48)50-38-37-44(3,4)5)52-43(46)36-34-32-30-28-26-23-19-17-15-13-11-9-7-2/h23,26,41H,6-22,24-25,27-40H2,1-5H3/b26-23+/t41-/m1/s1. The minimum Gasteiger partial charge on any atom is -0.756 e. The van der Waals surface area contributed by atoms with Gasteiger partial charge in [-0.25, -0.2) is 0 Å². The summed E-state index contributed by atoms with van der Waals surface area (Å²) in [5.74, 6) is -0.844. The van der Waals surface area contributed by atoms with Crippen molar-refractivity contribution in [2.75, 3.05) is 47.5 Å². The van der Waals surface area contributed by atoms with Crippen molar-refractivity contribution >= 4 is 19.8 Å². The Morgan fingerprint density at radius 1 is 0.566 bits per heavy atom. The molecule has 2 atom stereocenters. The molecule has 0 amide bonds. The molecule has 53 heavy (non-hydrogen) atoms. The number of phosphoric ester groups is 1. The molecule has 0 saturated carbocycles. The largest absolute Gasteiger partial charge is 0.756 e. The highest BCUT2D eigenvalue weighted by molar-refractivity contribution is 7.45. The number of likely N-dealkylation sites (N-methyl/N-ethyl adjacent to an activating group) is 1. The molecule has 0 heterocycles. The second-order valence-corrected chi connectivity index (χ2v) is 17.5. The Balaban J connectivity index is 4.34. The lowest BCUT2D eigenvalue weighted by Crippen LogP contribution is -2.37. The number of carbonyl (C=O) groups excluding carboxylic acids is 2. The van der Waals surface area contributed by atoms with Crippen LogP contribution >= 0.6 is 7.82 Å². The topological polar surface area (TPSA) is 111 Å². The highest BCUT2D eigenvalue weighted by Crippen LogP contribution is 2.38. The van der Waals surface area contributed by atoms with Gasteiger partial charge in [-0.2, -0.15) is 0 Å². The molecule has 0 saturated heterocycles. The first-order chi connectivity index (χ1) is 25.5. The van der Waals surface area contributed by atoms with Crippen LogP contribution in [0.25, 0.3) is 0 Å². The molecule has 0 spiro atoms. The number of quaternary nitrogens is 1. The number of phosphoric acid groups is 1. The average molecular weight is 774 g/mol. The predicted molar refractivity (Wildman–Crippen MR) is 218 cm³/mol. The van der Waals surface area contributed by atoms with E-state index in [4.69, 9.17) is 18.5 Å². The monoisotopic (exact) mass is 774 g/mol. The Kier molecular flexibility index (Phi) is 35.5. The van der Waals surface area contributed by atoms with Crippen LogP contribution in [-0.2, 0) is 32.7 Å². The van der Waals surface area contributed by atoms with E-state index < -0.39 is 26.5 Å². The average Bonchev–Trinajstić information content (AvgIpc) is 3.10. The summed E-state index contributed by atoms with van der Waals surface area (Å²) >= 11 is 0. The molecule has 0 rings (SSSR count). The summed E-state index contributed by atoms with van der Waals surface area (Å²) in [4.78, 5) is 37.5. The molecule has 0 aromatic rings. The van der Waals surface area contributed by atoms with E-state index in [-0.39, 0.29) is 32.0 Å². The Bertz CT molecular complexity index is 922. The highest BCUT2D eigenvalue weighted by Gasteiger charge is 2.21. The molecule has 0 N–H and O–H groups in total. The minimum absolute atomic E-state index is 0.0305. The van der Waals surface area contributed by atoms with Crippen LogP contribution < -0.4 is 4.89 Å². The zero-order valence-corrected chi connectivity index (χ0v) is 36.1. The molecule has 9 nitrogen and oxygen atoms in total. The summed E-state index contributed by atoms with van der Waals surface area (Å²) in [5.41, 5.74) is 0. The smallest absolute Gasteiger partial charge is 0.306 e. The van der Waals surface area contributed by atoms with Crippen molar-refractivity contribution < 1.29 is 42.1 Å². The lowest BCUT2D eigenvalue weighted by Gasteiger charge is -2.28. The van der Waals surface area contributed by atoms with Crippen LogP contribution in [0, 0.1) is 0 Å². The maximum Gasteiger partial charge on any atom is 0.306 e. The number of allylic oxidation sites excluding steroid dienone is 2. The summed E-state index contributed by atoms with van der Waals surface area (Å²) in [7, 11) is 1.16. The van der Waals surface area contributed by atoms with Gasteiger partial charge in [-0.1, -0.05) is 161 Å². The Morgan fingerprint density at radius 2 is 0.962 bits per heavy atom. The minimum atomic E-state index is -4.62. The van der Waals surface area contributed by atoms with E-state index in [9.17, 15) is 19.0 Å². The number of unbranched alkanes of at least 4 members (excludes halogenated alkanes) is 24. The van der Waals surface area contributed by atoms with Gasteiger partial charge in [0, 0.05) is 12.8 Å². The number of rotatable bonds is 40. The quantitative estimate of drug-likeness (QED) is 0.0199. The first-order valence-electron chi connectivity index (χ1n) is 21.9. The number of ether oxygens (including phenoxy) is 2. The van der Waals surface area contributed by atoms with E-state index in [2.05, 4.69) is 26.0 Å². The second kappa shape index (κ2) is 36.4. The van der Waals surface area contributed by atoms with Crippen LogP contribution in [0.5, 0.6) is 0 Å². The van der Waals surface area contributed by atoms with Crippen molar-refractivity contribution in [3.05, 3.63) is 12.2 Å². The molecule has 0 fully saturated rings. The number of esters is 2. The Hall–Kier alpha value is -1.25. The molecule has 0 aromatic carbocycles. The van der Waals surface area contributed by atoms with Crippen LogP contribution in [-0.4, -0.2) is 70.0 Å². The van der Waals surface area contributed by atoms with Gasteiger partial charge in [0.2, 0.25) is 0 Å². The van der Waals surface area contributed by atoms with E-state index >= 15 is 0 Å². The molecular weight excluding hydrogens is 689 g/mol.